The molecule has 0 radical (unpaired) electrons. The minimum absolute atomic E-state index is 0.213. The van der Waals surface area contributed by atoms with Crippen molar-refractivity contribution >= 4 is 33.1 Å². The number of anilines is 1. The van der Waals surface area contributed by atoms with Crippen LogP contribution in [0.1, 0.15) is 66.5 Å². The van der Waals surface area contributed by atoms with E-state index < -0.39 is 5.60 Å². The predicted molar refractivity (Wildman–Crippen MR) is 117 cm³/mol. The van der Waals surface area contributed by atoms with Gasteiger partial charge in [-0.1, -0.05) is 0 Å². The van der Waals surface area contributed by atoms with E-state index in [1.807, 2.05) is 12.1 Å². The highest BCUT2D eigenvalue weighted by atomic mass is 32.1. The molecule has 3 aromatic rings. The predicted octanol–water partition coefficient (Wildman–Crippen LogP) is 3.83. The molecule has 1 aliphatic rings. The van der Waals surface area contributed by atoms with Crippen molar-refractivity contribution in [1.82, 2.24) is 15.0 Å². The lowest BCUT2D eigenvalue weighted by molar-refractivity contribution is 0.0794. The number of carbonyl (C=O) groups excluding carboxylic acids is 1. The SMILES string of the molecule is CC(C)(O)c1cc2nc(C3CCC(CO)CC3)sc2cc1NC(=O)c1cnccn1. The number of nitrogens with one attached hydrogen (secondary N) is 1. The summed E-state index contributed by atoms with van der Waals surface area (Å²) in [5.41, 5.74) is 1.04. The van der Waals surface area contributed by atoms with E-state index in [1.54, 1.807) is 25.2 Å². The van der Waals surface area contributed by atoms with E-state index in [1.165, 1.54) is 18.6 Å². The van der Waals surface area contributed by atoms with E-state index in [0.717, 1.165) is 40.9 Å². The Balaban J connectivity index is 1.66. The van der Waals surface area contributed by atoms with Crippen LogP contribution < -0.4 is 5.32 Å². The van der Waals surface area contributed by atoms with Gasteiger partial charge in [-0.15, -0.1) is 11.3 Å². The molecule has 2 aromatic heterocycles. The second-order valence-corrected chi connectivity index (χ2v) is 9.48. The van der Waals surface area contributed by atoms with Gasteiger partial charge >= 0.3 is 0 Å². The highest BCUT2D eigenvalue weighted by molar-refractivity contribution is 7.18. The molecule has 2 heterocycles. The number of nitrogens with zero attached hydrogens (tertiary/aromatic N) is 3. The molecule has 1 saturated carbocycles. The average Bonchev–Trinajstić information content (AvgIpc) is 3.16. The number of thiazole rings is 1. The molecule has 0 aliphatic heterocycles. The Morgan fingerprint density at radius 1 is 1.23 bits per heavy atom. The second kappa shape index (κ2) is 8.37. The van der Waals surface area contributed by atoms with Crippen LogP contribution in [0.5, 0.6) is 0 Å². The molecule has 1 amide bonds. The Labute approximate surface area is 179 Å². The van der Waals surface area contributed by atoms with E-state index >= 15 is 0 Å². The van der Waals surface area contributed by atoms with Gasteiger partial charge < -0.3 is 15.5 Å². The van der Waals surface area contributed by atoms with Crippen LogP contribution in [0, 0.1) is 5.92 Å². The van der Waals surface area contributed by atoms with Crippen LogP contribution in [-0.2, 0) is 5.60 Å². The highest BCUT2D eigenvalue weighted by Gasteiger charge is 2.27. The molecular formula is C22H26N4O3S. The van der Waals surface area contributed by atoms with Crippen LogP contribution in [0.2, 0.25) is 0 Å². The van der Waals surface area contributed by atoms with Gasteiger partial charge in [0.25, 0.3) is 5.91 Å². The summed E-state index contributed by atoms with van der Waals surface area (Å²) >= 11 is 1.63. The van der Waals surface area contributed by atoms with Gasteiger partial charge in [0.1, 0.15) is 5.69 Å². The molecule has 0 saturated heterocycles. The molecule has 0 unspecified atom stereocenters. The first-order valence-electron chi connectivity index (χ1n) is 10.2. The fraction of sp³-hybridized carbons (Fsp3) is 0.455. The number of fused-ring (bicyclic) bond motifs is 1. The third-order valence-electron chi connectivity index (χ3n) is 5.70. The van der Waals surface area contributed by atoms with Crippen molar-refractivity contribution in [2.45, 2.75) is 51.0 Å². The van der Waals surface area contributed by atoms with Gasteiger partial charge in [0, 0.05) is 36.2 Å². The van der Waals surface area contributed by atoms with Crippen molar-refractivity contribution in [3.63, 3.8) is 0 Å². The fourth-order valence-corrected chi connectivity index (χ4v) is 5.13. The lowest BCUT2D eigenvalue weighted by Crippen LogP contribution is -2.21. The fourth-order valence-electron chi connectivity index (χ4n) is 3.97. The Morgan fingerprint density at radius 2 is 2.00 bits per heavy atom. The average molecular weight is 427 g/mol. The zero-order valence-electron chi connectivity index (χ0n) is 17.1. The third kappa shape index (κ3) is 4.35. The van der Waals surface area contributed by atoms with Crippen molar-refractivity contribution in [3.05, 3.63) is 47.0 Å². The summed E-state index contributed by atoms with van der Waals surface area (Å²) in [7, 11) is 0. The summed E-state index contributed by atoms with van der Waals surface area (Å²) < 4.78 is 0.969. The van der Waals surface area contributed by atoms with Gasteiger partial charge in [0.2, 0.25) is 0 Å². The first-order chi connectivity index (χ1) is 14.3. The van der Waals surface area contributed by atoms with Crippen molar-refractivity contribution in [2.24, 2.45) is 5.92 Å². The maximum absolute atomic E-state index is 12.6. The lowest BCUT2D eigenvalue weighted by Gasteiger charge is -2.25. The van der Waals surface area contributed by atoms with Gasteiger partial charge in [-0.2, -0.15) is 0 Å². The quantitative estimate of drug-likeness (QED) is 0.572. The van der Waals surface area contributed by atoms with Crippen LogP contribution in [-0.4, -0.2) is 37.7 Å². The molecule has 7 nitrogen and oxygen atoms in total. The molecule has 0 atom stereocenters. The van der Waals surface area contributed by atoms with Gasteiger partial charge in [-0.05, 0) is 57.6 Å². The largest absolute Gasteiger partial charge is 0.396 e. The monoisotopic (exact) mass is 426 g/mol. The normalized spacial score (nSPS) is 19.7. The molecule has 1 aromatic carbocycles. The van der Waals surface area contributed by atoms with Crippen LogP contribution >= 0.6 is 11.3 Å². The molecule has 4 rings (SSSR count). The van der Waals surface area contributed by atoms with Gasteiger partial charge in [-0.25, -0.2) is 9.97 Å². The Bertz CT molecular complexity index is 1040. The molecule has 0 bridgehead atoms. The van der Waals surface area contributed by atoms with Crippen LogP contribution in [0.15, 0.2) is 30.7 Å². The summed E-state index contributed by atoms with van der Waals surface area (Å²) in [5.74, 6) is 0.425. The molecule has 1 fully saturated rings. The number of rotatable bonds is 5. The highest BCUT2D eigenvalue weighted by Crippen LogP contribution is 2.41. The zero-order chi connectivity index (χ0) is 21.3. The van der Waals surface area contributed by atoms with E-state index in [-0.39, 0.29) is 18.2 Å². The molecule has 3 N–H and O–H groups in total. The topological polar surface area (TPSA) is 108 Å². The summed E-state index contributed by atoms with van der Waals surface area (Å²) in [5, 5.41) is 24.0. The first kappa shape index (κ1) is 20.8. The smallest absolute Gasteiger partial charge is 0.275 e. The van der Waals surface area contributed by atoms with E-state index in [4.69, 9.17) is 4.98 Å². The van der Waals surface area contributed by atoms with Crippen LogP contribution in [0.3, 0.4) is 0 Å². The number of hydrogen-bond donors (Lipinski definition) is 3. The number of aromatic nitrogens is 3. The number of aliphatic hydroxyl groups is 2. The van der Waals surface area contributed by atoms with E-state index in [9.17, 15) is 15.0 Å². The van der Waals surface area contributed by atoms with Gasteiger partial charge in [-0.3, -0.25) is 9.78 Å². The van der Waals surface area contributed by atoms with Crippen molar-refractivity contribution in [2.75, 3.05) is 11.9 Å². The van der Waals surface area contributed by atoms with Crippen molar-refractivity contribution in [3.8, 4) is 0 Å². The minimum Gasteiger partial charge on any atom is -0.396 e. The number of benzene rings is 1. The van der Waals surface area contributed by atoms with Crippen molar-refractivity contribution < 1.29 is 15.0 Å². The number of amides is 1. The summed E-state index contributed by atoms with van der Waals surface area (Å²) in [6.07, 6.45) is 8.48. The number of aliphatic hydroxyl groups excluding tert-OH is 1. The molecule has 158 valence electrons. The molecule has 1 aliphatic carbocycles. The first-order valence-corrected chi connectivity index (χ1v) is 11.0. The number of carbonyl (C=O) groups is 1. The van der Waals surface area contributed by atoms with E-state index in [2.05, 4.69) is 15.3 Å². The molecule has 0 spiro atoms. The Hall–Kier alpha value is -2.42. The van der Waals surface area contributed by atoms with Gasteiger partial charge in [0.05, 0.1) is 27.0 Å². The molecular weight excluding hydrogens is 400 g/mol. The van der Waals surface area contributed by atoms with Crippen LogP contribution in [0.25, 0.3) is 10.2 Å². The number of hydrogen-bond acceptors (Lipinski definition) is 7. The third-order valence-corrected chi connectivity index (χ3v) is 6.88. The lowest BCUT2D eigenvalue weighted by atomic mass is 9.83. The van der Waals surface area contributed by atoms with Crippen LogP contribution in [0.4, 0.5) is 5.69 Å². The summed E-state index contributed by atoms with van der Waals surface area (Å²) in [6.45, 7) is 3.64. The standard InChI is InChI=1S/C22H26N4O3S/c1-22(2,29)15-9-17-19(10-16(15)25-20(28)18-11-23-7-8-24-18)30-21(26-17)14-5-3-13(12-27)4-6-14/h7-11,13-14,27,29H,3-6,12H2,1-2H3,(H,25,28). The Kier molecular flexibility index (Phi) is 5.81. The molecule has 30 heavy (non-hydrogen) atoms. The van der Waals surface area contributed by atoms with E-state index in [0.29, 0.717) is 23.1 Å². The Morgan fingerprint density at radius 3 is 2.63 bits per heavy atom. The van der Waals surface area contributed by atoms with Gasteiger partial charge in [0.15, 0.2) is 0 Å². The maximum Gasteiger partial charge on any atom is 0.275 e. The minimum atomic E-state index is -1.15. The zero-order valence-corrected chi connectivity index (χ0v) is 17.9. The molecule has 8 heteroatoms. The van der Waals surface area contributed by atoms with Crippen molar-refractivity contribution in [1.29, 1.82) is 0 Å². The second-order valence-electron chi connectivity index (χ2n) is 8.42. The maximum atomic E-state index is 12.6. The summed E-state index contributed by atoms with van der Waals surface area (Å²) in [4.78, 5) is 25.4. The summed E-state index contributed by atoms with van der Waals surface area (Å²) in [6, 6.07) is 3.75.